The summed E-state index contributed by atoms with van der Waals surface area (Å²) in [5, 5.41) is 7.38. The van der Waals surface area contributed by atoms with Gasteiger partial charge in [0.05, 0.1) is 28.9 Å². The van der Waals surface area contributed by atoms with E-state index in [0.717, 1.165) is 30.7 Å². The number of hydrogen-bond donors (Lipinski definition) is 1. The Balaban J connectivity index is 1.54. The molecule has 0 radical (unpaired) electrons. The lowest BCUT2D eigenvalue weighted by Gasteiger charge is -2.31. The van der Waals surface area contributed by atoms with Crippen LogP contribution in [0.1, 0.15) is 38.3 Å². The van der Waals surface area contributed by atoms with Crippen LogP contribution in [0, 0.1) is 5.82 Å². The molecule has 1 saturated heterocycles. The van der Waals surface area contributed by atoms with Gasteiger partial charge in [0.1, 0.15) is 5.82 Å². The summed E-state index contributed by atoms with van der Waals surface area (Å²) in [6.45, 7) is 5.24. The number of rotatable bonds is 6. The minimum Gasteiger partial charge on any atom is -0.447 e. The van der Waals surface area contributed by atoms with Gasteiger partial charge >= 0.3 is 6.09 Å². The summed E-state index contributed by atoms with van der Waals surface area (Å²) in [7, 11) is -3.45. The number of carbonyl (C=O) groups is 1. The zero-order valence-electron chi connectivity index (χ0n) is 17.3. The second-order valence-corrected chi connectivity index (χ2v) is 9.76. The third-order valence-electron chi connectivity index (χ3n) is 4.94. The number of piperidine rings is 1. The van der Waals surface area contributed by atoms with E-state index in [2.05, 4.69) is 10.4 Å². The van der Waals surface area contributed by atoms with Crippen molar-refractivity contribution in [1.29, 1.82) is 0 Å². The van der Waals surface area contributed by atoms with E-state index in [-0.39, 0.29) is 28.8 Å². The molecule has 0 unspecified atom stereocenters. The van der Waals surface area contributed by atoms with Crippen molar-refractivity contribution < 1.29 is 22.3 Å². The Kier molecular flexibility index (Phi) is 6.64. The molecule has 2 aromatic rings. The maximum Gasteiger partial charge on any atom is 0.410 e. The maximum atomic E-state index is 14.2. The van der Waals surface area contributed by atoms with Crippen LogP contribution in [0.25, 0.3) is 0 Å². The molecule has 0 spiro atoms. The number of aromatic nitrogens is 2. The van der Waals surface area contributed by atoms with E-state index in [9.17, 15) is 17.6 Å². The normalized spacial score (nSPS) is 15.4. The van der Waals surface area contributed by atoms with Gasteiger partial charge in [-0.2, -0.15) is 5.10 Å². The lowest BCUT2D eigenvalue weighted by Crippen LogP contribution is -2.40. The van der Waals surface area contributed by atoms with Gasteiger partial charge in [-0.3, -0.25) is 4.68 Å². The van der Waals surface area contributed by atoms with Gasteiger partial charge in [0, 0.05) is 37.7 Å². The predicted molar refractivity (Wildman–Crippen MR) is 111 cm³/mol. The summed E-state index contributed by atoms with van der Waals surface area (Å²) in [5.41, 5.74) is 1.11. The van der Waals surface area contributed by atoms with E-state index in [1.807, 2.05) is 24.7 Å². The summed E-state index contributed by atoms with van der Waals surface area (Å²) < 4.78 is 44.3. The van der Waals surface area contributed by atoms with E-state index >= 15 is 0 Å². The third-order valence-corrected chi connectivity index (χ3v) is 6.05. The number of ether oxygens (including phenoxy) is 1. The lowest BCUT2D eigenvalue weighted by molar-refractivity contribution is 0.0653. The topological polar surface area (TPSA) is 93.5 Å². The third kappa shape index (κ3) is 5.50. The molecule has 164 valence electrons. The van der Waals surface area contributed by atoms with Crippen LogP contribution in [0.4, 0.5) is 14.9 Å². The van der Waals surface area contributed by atoms with Crippen LogP contribution in [0.3, 0.4) is 0 Å². The second-order valence-electron chi connectivity index (χ2n) is 7.75. The quantitative estimate of drug-likeness (QED) is 0.744. The zero-order chi connectivity index (χ0) is 21.9. The number of sulfone groups is 1. The van der Waals surface area contributed by atoms with Crippen molar-refractivity contribution >= 4 is 21.6 Å². The molecule has 1 fully saturated rings. The minimum absolute atomic E-state index is 0.0537. The van der Waals surface area contributed by atoms with Gasteiger partial charge in [0.25, 0.3) is 0 Å². The van der Waals surface area contributed by atoms with Crippen LogP contribution in [0.5, 0.6) is 0 Å². The van der Waals surface area contributed by atoms with E-state index in [0.29, 0.717) is 19.6 Å². The first kappa shape index (κ1) is 22.1. The molecule has 3 rings (SSSR count). The van der Waals surface area contributed by atoms with E-state index in [1.54, 1.807) is 11.1 Å². The largest absolute Gasteiger partial charge is 0.447 e. The van der Waals surface area contributed by atoms with Crippen LogP contribution >= 0.6 is 0 Å². The molecule has 1 aliphatic rings. The molecule has 0 bridgehead atoms. The molecule has 0 saturated carbocycles. The SMILES string of the molecule is CC(C)OC(=O)N1CCC(n2cc(CNc3ccc(S(C)(=O)=O)cc3F)cn2)CC1. The van der Waals surface area contributed by atoms with E-state index < -0.39 is 15.7 Å². The smallest absolute Gasteiger partial charge is 0.410 e. The van der Waals surface area contributed by atoms with Crippen LogP contribution in [0.15, 0.2) is 35.5 Å². The van der Waals surface area contributed by atoms with Crippen molar-refractivity contribution in [2.75, 3.05) is 24.7 Å². The number of anilines is 1. The summed E-state index contributed by atoms with van der Waals surface area (Å²) >= 11 is 0. The molecule has 1 N–H and O–H groups in total. The molecule has 0 aliphatic carbocycles. The number of halogens is 1. The molecular formula is C20H27FN4O4S. The number of likely N-dealkylation sites (tertiary alicyclic amines) is 1. The fourth-order valence-electron chi connectivity index (χ4n) is 3.32. The molecule has 1 aromatic heterocycles. The monoisotopic (exact) mass is 438 g/mol. The van der Waals surface area contributed by atoms with Gasteiger partial charge < -0.3 is 15.0 Å². The molecule has 30 heavy (non-hydrogen) atoms. The minimum atomic E-state index is -3.45. The number of nitrogens with zero attached hydrogens (tertiary/aromatic N) is 3. The van der Waals surface area contributed by atoms with Crippen molar-refractivity contribution in [2.24, 2.45) is 0 Å². The highest BCUT2D eigenvalue weighted by Gasteiger charge is 2.25. The first-order chi connectivity index (χ1) is 14.1. The number of nitrogens with one attached hydrogen (secondary N) is 1. The lowest BCUT2D eigenvalue weighted by atomic mass is 10.1. The molecule has 1 amide bonds. The van der Waals surface area contributed by atoms with Crippen molar-refractivity contribution in [3.05, 3.63) is 42.0 Å². The van der Waals surface area contributed by atoms with Crippen molar-refractivity contribution in [1.82, 2.24) is 14.7 Å². The summed E-state index contributed by atoms with van der Waals surface area (Å²) in [6, 6.07) is 4.00. The first-order valence-electron chi connectivity index (χ1n) is 9.85. The Labute approximate surface area is 175 Å². The molecule has 10 heteroatoms. The fraction of sp³-hybridized carbons (Fsp3) is 0.500. The average molecular weight is 439 g/mol. The van der Waals surface area contributed by atoms with Gasteiger partial charge in [-0.05, 0) is 44.9 Å². The Hall–Kier alpha value is -2.62. The number of benzene rings is 1. The Morgan fingerprint density at radius 2 is 2.03 bits per heavy atom. The number of amides is 1. The molecular weight excluding hydrogens is 411 g/mol. The fourth-order valence-corrected chi connectivity index (χ4v) is 3.96. The molecule has 8 nitrogen and oxygen atoms in total. The van der Waals surface area contributed by atoms with Gasteiger partial charge in [-0.15, -0.1) is 0 Å². The van der Waals surface area contributed by atoms with Crippen LogP contribution in [-0.4, -0.2) is 54.6 Å². The van der Waals surface area contributed by atoms with Crippen molar-refractivity contribution in [3.8, 4) is 0 Å². The van der Waals surface area contributed by atoms with Gasteiger partial charge in [0.15, 0.2) is 9.84 Å². The first-order valence-corrected chi connectivity index (χ1v) is 11.7. The van der Waals surface area contributed by atoms with Gasteiger partial charge in [-0.25, -0.2) is 17.6 Å². The Bertz CT molecular complexity index is 998. The molecule has 1 aliphatic heterocycles. The average Bonchev–Trinajstić information content (AvgIpc) is 3.15. The molecule has 0 atom stereocenters. The highest BCUT2D eigenvalue weighted by Crippen LogP contribution is 2.24. The standard InChI is InChI=1S/C20H27FN4O4S/c1-14(2)29-20(26)24-8-6-16(7-9-24)25-13-15(12-23-25)11-22-19-5-4-17(10-18(19)21)30(3,27)28/h4-5,10,12-14,16,22H,6-9,11H2,1-3H3. The zero-order valence-corrected chi connectivity index (χ0v) is 18.2. The Morgan fingerprint density at radius 3 is 2.63 bits per heavy atom. The Morgan fingerprint density at radius 1 is 1.33 bits per heavy atom. The highest BCUT2D eigenvalue weighted by atomic mass is 32.2. The van der Waals surface area contributed by atoms with Crippen molar-refractivity contribution in [3.63, 3.8) is 0 Å². The van der Waals surface area contributed by atoms with E-state index in [1.165, 1.54) is 12.1 Å². The highest BCUT2D eigenvalue weighted by molar-refractivity contribution is 7.90. The van der Waals surface area contributed by atoms with Crippen molar-refractivity contribution in [2.45, 2.75) is 50.3 Å². The van der Waals surface area contributed by atoms with Crippen LogP contribution < -0.4 is 5.32 Å². The number of hydrogen-bond acceptors (Lipinski definition) is 6. The van der Waals surface area contributed by atoms with Crippen LogP contribution in [0.2, 0.25) is 0 Å². The summed E-state index contributed by atoms with van der Waals surface area (Å²) in [4.78, 5) is 13.6. The summed E-state index contributed by atoms with van der Waals surface area (Å²) in [6.07, 6.45) is 5.81. The molecule has 1 aromatic carbocycles. The summed E-state index contributed by atoms with van der Waals surface area (Å²) in [5.74, 6) is -0.619. The van der Waals surface area contributed by atoms with E-state index in [4.69, 9.17) is 4.74 Å². The van der Waals surface area contributed by atoms with Gasteiger partial charge in [-0.1, -0.05) is 0 Å². The maximum absolute atomic E-state index is 14.2. The second kappa shape index (κ2) is 9.03. The molecule has 2 heterocycles. The predicted octanol–water partition coefficient (Wildman–Crippen LogP) is 3.22. The number of carbonyl (C=O) groups excluding carboxylic acids is 1. The van der Waals surface area contributed by atoms with Gasteiger partial charge in [0.2, 0.25) is 0 Å². The van der Waals surface area contributed by atoms with Crippen LogP contribution in [-0.2, 0) is 21.1 Å².